The van der Waals surface area contributed by atoms with E-state index < -0.39 is 17.8 Å². The van der Waals surface area contributed by atoms with Gasteiger partial charge in [0.15, 0.2) is 12.1 Å². The lowest BCUT2D eigenvalue weighted by molar-refractivity contribution is -0.148. The van der Waals surface area contributed by atoms with Gasteiger partial charge < -0.3 is 30.9 Å². The van der Waals surface area contributed by atoms with Crippen LogP contribution in [0.3, 0.4) is 0 Å². The minimum Gasteiger partial charge on any atom is -0.480 e. The van der Waals surface area contributed by atoms with Crippen LogP contribution in [0.25, 0.3) is 0 Å². The molecule has 0 amide bonds. The fourth-order valence-electron chi connectivity index (χ4n) is 4.50. The quantitative estimate of drug-likeness (QED) is 0.0622. The van der Waals surface area contributed by atoms with E-state index in [4.69, 9.17) is 25.1 Å². The van der Waals surface area contributed by atoms with Gasteiger partial charge in [0, 0.05) is 6.92 Å². The number of aliphatic carboxylic acids is 1. The number of benzene rings is 2. The molecule has 0 bridgehead atoms. The number of carbonyl (C=O) groups excluding carboxylic acids is 4. The molecule has 0 aliphatic rings. The highest BCUT2D eigenvalue weighted by Crippen LogP contribution is 2.10. The molecule has 306 valence electrons. The van der Waals surface area contributed by atoms with Gasteiger partial charge in [-0.2, -0.15) is 0 Å². The van der Waals surface area contributed by atoms with E-state index >= 15 is 0 Å². The second kappa shape index (κ2) is 31.4. The summed E-state index contributed by atoms with van der Waals surface area (Å²) in [5.74, 6) is 0.657. The molecule has 0 saturated heterocycles. The highest BCUT2D eigenvalue weighted by Gasteiger charge is 2.21. The summed E-state index contributed by atoms with van der Waals surface area (Å²) in [5.41, 5.74) is 7.71. The Kier molecular flexibility index (Phi) is 30.4. The number of hydrogen-bond acceptors (Lipinski definition) is 10. The summed E-state index contributed by atoms with van der Waals surface area (Å²) in [6.45, 7) is 24.2. The van der Waals surface area contributed by atoms with Crippen molar-refractivity contribution in [1.82, 2.24) is 10.6 Å². The molecule has 11 heteroatoms. The number of hydrogen-bond donors (Lipinski definition) is 4. The van der Waals surface area contributed by atoms with E-state index in [9.17, 15) is 19.2 Å². The zero-order chi connectivity index (χ0) is 41.6. The third-order valence-corrected chi connectivity index (χ3v) is 7.18. The molecule has 0 heterocycles. The summed E-state index contributed by atoms with van der Waals surface area (Å²) >= 11 is 0. The minimum absolute atomic E-state index is 0.150. The largest absolute Gasteiger partial charge is 0.480 e. The lowest BCUT2D eigenvalue weighted by atomic mass is 10.0. The number of carbonyl (C=O) groups is 5. The summed E-state index contributed by atoms with van der Waals surface area (Å²) in [4.78, 5) is 53.1. The Hall–Kier alpha value is -3.93. The van der Waals surface area contributed by atoms with Crippen molar-refractivity contribution in [2.45, 2.75) is 127 Å². The van der Waals surface area contributed by atoms with E-state index in [0.717, 1.165) is 30.6 Å². The molecular weight excluding hydrogens is 686 g/mol. The summed E-state index contributed by atoms with van der Waals surface area (Å²) in [6.07, 6.45) is 2.44. The maximum atomic E-state index is 12.2. The number of ether oxygens (including phenoxy) is 2. The van der Waals surface area contributed by atoms with Crippen molar-refractivity contribution >= 4 is 30.0 Å². The Morgan fingerprint density at radius 3 is 1.30 bits per heavy atom. The van der Waals surface area contributed by atoms with E-state index in [2.05, 4.69) is 52.2 Å². The number of rotatable bonds is 20. The average Bonchev–Trinajstić information content (AvgIpc) is 3.10. The monoisotopic (exact) mass is 758 g/mol. The Morgan fingerprint density at radius 2 is 0.963 bits per heavy atom. The van der Waals surface area contributed by atoms with Gasteiger partial charge in [-0.05, 0) is 73.1 Å². The Bertz CT molecular complexity index is 1280. The molecular formula is C43H71N3O8. The van der Waals surface area contributed by atoms with Crippen LogP contribution in [0.2, 0.25) is 0 Å². The van der Waals surface area contributed by atoms with E-state index in [1.54, 1.807) is 0 Å². The molecule has 0 spiro atoms. The van der Waals surface area contributed by atoms with E-state index in [1.807, 2.05) is 88.4 Å². The fourth-order valence-corrected chi connectivity index (χ4v) is 4.50. The second-order valence-electron chi connectivity index (χ2n) is 15.5. The number of carboxylic acids is 1. The zero-order valence-corrected chi connectivity index (χ0v) is 34.8. The second-order valence-corrected chi connectivity index (χ2v) is 15.5. The van der Waals surface area contributed by atoms with Crippen LogP contribution < -0.4 is 16.4 Å². The van der Waals surface area contributed by atoms with Gasteiger partial charge in [-0.3, -0.25) is 24.0 Å². The van der Waals surface area contributed by atoms with Gasteiger partial charge in [0.25, 0.3) is 0 Å². The molecule has 0 saturated carbocycles. The van der Waals surface area contributed by atoms with Crippen LogP contribution in [0.15, 0.2) is 60.7 Å². The van der Waals surface area contributed by atoms with Crippen LogP contribution in [0.5, 0.6) is 0 Å². The molecule has 0 radical (unpaired) electrons. The lowest BCUT2D eigenvalue weighted by Gasteiger charge is -2.20. The van der Waals surface area contributed by atoms with Crippen molar-refractivity contribution in [3.63, 3.8) is 0 Å². The zero-order valence-electron chi connectivity index (χ0n) is 34.8. The lowest BCUT2D eigenvalue weighted by Crippen LogP contribution is -2.40. The van der Waals surface area contributed by atoms with Gasteiger partial charge >= 0.3 is 17.9 Å². The van der Waals surface area contributed by atoms with Crippen molar-refractivity contribution in [3.8, 4) is 0 Å². The SMILES string of the molecule is CC(=O)C=O.CC(C)CN[C@@H](CC(C)C)C(=O)O.CC(C)CN[C@@H](CC(C)C)C(=O)OCc1ccccc1.CC(C)C[C@H](N)C(=O)OCc1ccccc1. The maximum absolute atomic E-state index is 12.2. The van der Waals surface area contributed by atoms with E-state index in [0.29, 0.717) is 55.6 Å². The van der Waals surface area contributed by atoms with Crippen LogP contribution in [-0.4, -0.2) is 66.3 Å². The molecule has 0 fully saturated rings. The summed E-state index contributed by atoms with van der Waals surface area (Å²) in [7, 11) is 0. The van der Waals surface area contributed by atoms with E-state index in [-0.39, 0.29) is 30.3 Å². The van der Waals surface area contributed by atoms with Gasteiger partial charge in [-0.15, -0.1) is 0 Å². The molecule has 2 aromatic rings. The van der Waals surface area contributed by atoms with E-state index in [1.165, 1.54) is 6.92 Å². The van der Waals surface area contributed by atoms with Crippen LogP contribution in [0.1, 0.15) is 107 Å². The Morgan fingerprint density at radius 1 is 0.611 bits per heavy atom. The first kappa shape index (κ1) is 52.2. The summed E-state index contributed by atoms with van der Waals surface area (Å²) in [5, 5.41) is 15.2. The molecule has 5 N–H and O–H groups in total. The molecule has 2 rings (SSSR count). The first-order chi connectivity index (χ1) is 25.3. The number of nitrogens with one attached hydrogen (secondary N) is 2. The van der Waals surface area contributed by atoms with Crippen LogP contribution in [0, 0.1) is 29.6 Å². The molecule has 54 heavy (non-hydrogen) atoms. The Balaban J connectivity index is 0. The normalized spacial score (nSPS) is 12.3. The van der Waals surface area contributed by atoms with Crippen molar-refractivity contribution in [1.29, 1.82) is 0 Å². The van der Waals surface area contributed by atoms with Crippen molar-refractivity contribution in [2.24, 2.45) is 35.3 Å². The first-order valence-corrected chi connectivity index (χ1v) is 19.1. The molecule has 3 atom stereocenters. The molecule has 0 unspecified atom stereocenters. The number of nitrogens with two attached hydrogens (primary N) is 1. The summed E-state index contributed by atoms with van der Waals surface area (Å²) < 4.78 is 10.5. The predicted octanol–water partition coefficient (Wildman–Crippen LogP) is 7.00. The predicted molar refractivity (Wildman–Crippen MR) is 216 cm³/mol. The molecule has 2 aromatic carbocycles. The number of carboxylic acid groups (broad SMARTS) is 1. The van der Waals surface area contributed by atoms with Gasteiger partial charge in [0.05, 0.1) is 0 Å². The molecule has 0 aliphatic carbocycles. The van der Waals surface area contributed by atoms with Crippen LogP contribution in [0.4, 0.5) is 0 Å². The van der Waals surface area contributed by atoms with Crippen LogP contribution >= 0.6 is 0 Å². The standard InChI is InChI=1S/C17H27NO2.C13H19NO2.C10H21NO2.C3H4O2/c1-13(2)10-16(18-11-14(3)4)17(19)20-12-15-8-6-5-7-9-15;1-10(2)8-12(14)13(15)16-9-11-6-4-3-5-7-11;1-7(2)5-9(10(12)13)11-6-8(3)4;1-3(5)2-4/h5-9,13-14,16,18H,10-12H2,1-4H3;3-7,10,12H,8-9,14H2,1-2H3;7-9,11H,5-6H2,1-4H3,(H,12,13);2H,1H3/t16-;12-;9-;/m000./s1. The number of esters is 2. The Labute approximate surface area is 325 Å². The minimum atomic E-state index is -0.741. The van der Waals surface area contributed by atoms with Gasteiger partial charge in [-0.1, -0.05) is 130 Å². The number of aldehydes is 1. The highest BCUT2D eigenvalue weighted by atomic mass is 16.5. The van der Waals surface area contributed by atoms with Crippen molar-refractivity contribution in [2.75, 3.05) is 13.1 Å². The van der Waals surface area contributed by atoms with Crippen molar-refractivity contribution < 1.29 is 38.6 Å². The molecule has 11 nitrogen and oxygen atoms in total. The third kappa shape index (κ3) is 31.6. The number of ketones is 1. The maximum Gasteiger partial charge on any atom is 0.323 e. The van der Waals surface area contributed by atoms with Crippen LogP contribution in [-0.2, 0) is 46.7 Å². The van der Waals surface area contributed by atoms with Crippen molar-refractivity contribution in [3.05, 3.63) is 71.8 Å². The van der Waals surface area contributed by atoms with Gasteiger partial charge in [0.1, 0.15) is 31.3 Å². The average molecular weight is 758 g/mol. The smallest absolute Gasteiger partial charge is 0.323 e. The highest BCUT2D eigenvalue weighted by molar-refractivity contribution is 6.23. The third-order valence-electron chi connectivity index (χ3n) is 7.18. The molecule has 0 aromatic heterocycles. The number of Topliss-reactive ketones (excluding diaryl/α,β-unsaturated/α-hetero) is 1. The first-order valence-electron chi connectivity index (χ1n) is 19.1. The van der Waals surface area contributed by atoms with Gasteiger partial charge in [-0.25, -0.2) is 0 Å². The van der Waals surface area contributed by atoms with Gasteiger partial charge in [0.2, 0.25) is 0 Å². The fraction of sp³-hybridized carbons (Fsp3) is 0.605. The topological polar surface area (TPSA) is 174 Å². The summed E-state index contributed by atoms with van der Waals surface area (Å²) in [6, 6.07) is 18.3. The molecule has 0 aliphatic heterocycles.